The number of aryl methyl sites for hydroxylation is 3. The van der Waals surface area contributed by atoms with Crippen molar-refractivity contribution in [1.82, 2.24) is 4.98 Å². The molecule has 0 aliphatic heterocycles. The number of hydrogen-bond acceptors (Lipinski definition) is 1. The Hall–Kier alpha value is -1.75. The van der Waals surface area contributed by atoms with E-state index in [1.807, 2.05) is 0 Å². The van der Waals surface area contributed by atoms with Gasteiger partial charge >= 0.3 is 0 Å². The summed E-state index contributed by atoms with van der Waals surface area (Å²) < 4.78 is 0. The minimum atomic E-state index is 0.587. The van der Waals surface area contributed by atoms with Gasteiger partial charge < -0.3 is 4.98 Å². The number of hydrogen-bond donors (Lipinski definition) is 1. The topological polar surface area (TPSA) is 39.6 Å². The van der Waals surface area contributed by atoms with Gasteiger partial charge in [-0.2, -0.15) is 5.26 Å². The van der Waals surface area contributed by atoms with Crippen LogP contribution in [-0.4, -0.2) is 4.98 Å². The summed E-state index contributed by atoms with van der Waals surface area (Å²) in [5.41, 5.74) is 5.03. The Labute approximate surface area is 95.9 Å². The highest BCUT2D eigenvalue weighted by Gasteiger charge is 2.08. The van der Waals surface area contributed by atoms with Gasteiger partial charge in [0.2, 0.25) is 0 Å². The van der Waals surface area contributed by atoms with Crippen LogP contribution in [0.4, 0.5) is 0 Å². The first-order valence-electron chi connectivity index (χ1n) is 5.73. The predicted octanol–water partition coefficient (Wildman–Crippen LogP) is 3.49. The molecule has 0 atom stereocenters. The molecule has 1 heterocycles. The number of rotatable bonds is 3. The van der Waals surface area contributed by atoms with Gasteiger partial charge in [-0.1, -0.05) is 13.0 Å². The highest BCUT2D eigenvalue weighted by atomic mass is 14.7. The zero-order valence-corrected chi connectivity index (χ0v) is 9.80. The lowest BCUT2D eigenvalue weighted by Gasteiger charge is -1.99. The average Bonchev–Trinajstić information content (AvgIpc) is 2.61. The Balaban J connectivity index is 2.53. The molecule has 0 aliphatic carbocycles. The van der Waals surface area contributed by atoms with Crippen LogP contribution in [0.3, 0.4) is 0 Å². The van der Waals surface area contributed by atoms with Crippen LogP contribution in [0.1, 0.15) is 30.2 Å². The fourth-order valence-corrected chi connectivity index (χ4v) is 2.15. The van der Waals surface area contributed by atoms with Crippen molar-refractivity contribution in [1.29, 1.82) is 5.26 Å². The van der Waals surface area contributed by atoms with E-state index in [1.165, 1.54) is 27.7 Å². The molecule has 0 aliphatic rings. The van der Waals surface area contributed by atoms with Gasteiger partial charge in [0.15, 0.2) is 0 Å². The van der Waals surface area contributed by atoms with Gasteiger partial charge in [-0.05, 0) is 43.0 Å². The lowest BCUT2D eigenvalue weighted by Crippen LogP contribution is -1.86. The van der Waals surface area contributed by atoms with Gasteiger partial charge in [-0.25, -0.2) is 0 Å². The van der Waals surface area contributed by atoms with E-state index in [0.29, 0.717) is 6.42 Å². The lowest BCUT2D eigenvalue weighted by atomic mass is 10.0. The van der Waals surface area contributed by atoms with Crippen LogP contribution in [0.15, 0.2) is 18.2 Å². The van der Waals surface area contributed by atoms with Crippen molar-refractivity contribution in [3.63, 3.8) is 0 Å². The standard InChI is InChI=1S/C14H16N2/c1-3-11-6-7-14-13(9-11)12(5-4-8-15)10(2)16-14/h6-7,9,16H,3-5H2,1-2H3. The zero-order valence-electron chi connectivity index (χ0n) is 9.80. The number of aromatic nitrogens is 1. The minimum absolute atomic E-state index is 0.587. The second-order valence-electron chi connectivity index (χ2n) is 4.12. The summed E-state index contributed by atoms with van der Waals surface area (Å²) in [7, 11) is 0. The molecule has 16 heavy (non-hydrogen) atoms. The van der Waals surface area contributed by atoms with Crippen molar-refractivity contribution in [3.8, 4) is 6.07 Å². The largest absolute Gasteiger partial charge is 0.358 e. The number of aromatic amines is 1. The Bertz CT molecular complexity index is 544. The molecule has 0 saturated carbocycles. The van der Waals surface area contributed by atoms with Gasteiger partial charge in [-0.15, -0.1) is 0 Å². The first kappa shape index (κ1) is 10.8. The molecule has 0 fully saturated rings. The van der Waals surface area contributed by atoms with Crippen LogP contribution in [0.5, 0.6) is 0 Å². The number of fused-ring (bicyclic) bond motifs is 1. The van der Waals surface area contributed by atoms with Crippen LogP contribution in [0.25, 0.3) is 10.9 Å². The molecule has 0 unspecified atom stereocenters. The number of benzene rings is 1. The summed E-state index contributed by atoms with van der Waals surface area (Å²) >= 11 is 0. The van der Waals surface area contributed by atoms with Gasteiger partial charge in [-0.3, -0.25) is 0 Å². The molecule has 0 saturated heterocycles. The van der Waals surface area contributed by atoms with E-state index in [2.05, 4.69) is 43.1 Å². The predicted molar refractivity (Wildman–Crippen MR) is 66.3 cm³/mol. The molecule has 1 aromatic heterocycles. The molecule has 0 bridgehead atoms. The lowest BCUT2D eigenvalue weighted by molar-refractivity contribution is 1.00. The van der Waals surface area contributed by atoms with E-state index in [4.69, 9.17) is 5.26 Å². The first-order chi connectivity index (χ1) is 7.76. The van der Waals surface area contributed by atoms with Crippen LogP contribution in [0.2, 0.25) is 0 Å². The van der Waals surface area contributed by atoms with Crippen molar-refractivity contribution in [3.05, 3.63) is 35.0 Å². The molecule has 2 aromatic rings. The van der Waals surface area contributed by atoms with Crippen LogP contribution in [0, 0.1) is 18.3 Å². The van der Waals surface area contributed by atoms with Gasteiger partial charge in [0, 0.05) is 23.0 Å². The molecule has 1 aromatic carbocycles. The van der Waals surface area contributed by atoms with Crippen molar-refractivity contribution in [2.75, 3.05) is 0 Å². The minimum Gasteiger partial charge on any atom is -0.358 e. The summed E-state index contributed by atoms with van der Waals surface area (Å²) in [5, 5.41) is 9.95. The van der Waals surface area contributed by atoms with E-state index < -0.39 is 0 Å². The summed E-state index contributed by atoms with van der Waals surface area (Å²) in [6, 6.07) is 8.75. The van der Waals surface area contributed by atoms with E-state index >= 15 is 0 Å². The Morgan fingerprint density at radius 3 is 2.88 bits per heavy atom. The smallest absolute Gasteiger partial charge is 0.0625 e. The van der Waals surface area contributed by atoms with Crippen molar-refractivity contribution in [2.45, 2.75) is 33.1 Å². The Kier molecular flexibility index (Phi) is 2.96. The fourth-order valence-electron chi connectivity index (χ4n) is 2.15. The fraction of sp³-hybridized carbons (Fsp3) is 0.357. The van der Waals surface area contributed by atoms with E-state index in [1.54, 1.807) is 0 Å². The number of nitriles is 1. The molecular formula is C14H16N2. The Morgan fingerprint density at radius 2 is 2.19 bits per heavy atom. The van der Waals surface area contributed by atoms with Crippen molar-refractivity contribution >= 4 is 10.9 Å². The normalized spacial score (nSPS) is 10.6. The van der Waals surface area contributed by atoms with Crippen LogP contribution < -0.4 is 0 Å². The van der Waals surface area contributed by atoms with Gasteiger partial charge in [0.05, 0.1) is 6.07 Å². The summed E-state index contributed by atoms with van der Waals surface area (Å²) in [6.07, 6.45) is 2.48. The van der Waals surface area contributed by atoms with E-state index in [9.17, 15) is 0 Å². The first-order valence-corrected chi connectivity index (χ1v) is 5.73. The maximum Gasteiger partial charge on any atom is 0.0625 e. The Morgan fingerprint density at radius 1 is 1.38 bits per heavy atom. The summed E-state index contributed by atoms with van der Waals surface area (Å²) in [6.45, 7) is 4.24. The maximum atomic E-state index is 8.67. The van der Waals surface area contributed by atoms with Crippen LogP contribution in [-0.2, 0) is 12.8 Å². The molecule has 1 N–H and O–H groups in total. The van der Waals surface area contributed by atoms with Crippen molar-refractivity contribution < 1.29 is 0 Å². The van der Waals surface area contributed by atoms with Crippen molar-refractivity contribution in [2.24, 2.45) is 0 Å². The molecule has 0 radical (unpaired) electrons. The maximum absolute atomic E-state index is 8.67. The van der Waals surface area contributed by atoms with E-state index in [0.717, 1.165) is 12.8 Å². The molecule has 2 heteroatoms. The quantitative estimate of drug-likeness (QED) is 0.831. The van der Waals surface area contributed by atoms with Crippen LogP contribution >= 0.6 is 0 Å². The monoisotopic (exact) mass is 212 g/mol. The molecular weight excluding hydrogens is 196 g/mol. The highest BCUT2D eigenvalue weighted by molar-refractivity contribution is 5.85. The summed E-state index contributed by atoms with van der Waals surface area (Å²) in [4.78, 5) is 3.38. The third-order valence-corrected chi connectivity index (χ3v) is 3.08. The average molecular weight is 212 g/mol. The molecule has 2 rings (SSSR count). The third kappa shape index (κ3) is 1.81. The second-order valence-corrected chi connectivity index (χ2v) is 4.12. The zero-order chi connectivity index (χ0) is 11.5. The van der Waals surface area contributed by atoms with Gasteiger partial charge in [0.25, 0.3) is 0 Å². The third-order valence-electron chi connectivity index (χ3n) is 3.08. The molecule has 2 nitrogen and oxygen atoms in total. The summed E-state index contributed by atoms with van der Waals surface area (Å²) in [5.74, 6) is 0. The molecule has 82 valence electrons. The molecule has 0 spiro atoms. The molecule has 0 amide bonds. The number of nitrogens with zero attached hydrogens (tertiary/aromatic N) is 1. The number of H-pyrrole nitrogens is 1. The van der Waals surface area contributed by atoms with E-state index in [-0.39, 0.29) is 0 Å². The highest BCUT2D eigenvalue weighted by Crippen LogP contribution is 2.24. The number of nitrogens with one attached hydrogen (secondary N) is 1. The SMILES string of the molecule is CCc1ccc2[nH]c(C)c(CCC#N)c2c1. The second kappa shape index (κ2) is 4.40. The van der Waals surface area contributed by atoms with Gasteiger partial charge in [0.1, 0.15) is 0 Å².